The average molecular weight is 971 g/mol. The summed E-state index contributed by atoms with van der Waals surface area (Å²) in [4.78, 5) is 38.0. The number of nitrogens with zero attached hydrogens (tertiary/aromatic N) is 8. The highest BCUT2D eigenvalue weighted by molar-refractivity contribution is 7.53. The molecule has 2 saturated carbocycles. The van der Waals surface area contributed by atoms with E-state index in [2.05, 4.69) is 29.9 Å². The molecular weight excluding hydrogens is 916 g/mol. The number of anilines is 2. The minimum atomic E-state index is -5.06. The summed E-state index contributed by atoms with van der Waals surface area (Å²) in [6.45, 7) is 1.14. The van der Waals surface area contributed by atoms with Crippen LogP contribution >= 0.6 is 15.4 Å². The van der Waals surface area contributed by atoms with Gasteiger partial charge in [0.05, 0.1) is 36.9 Å². The van der Waals surface area contributed by atoms with Crippen molar-refractivity contribution in [1.29, 1.82) is 0 Å². The van der Waals surface area contributed by atoms with Gasteiger partial charge < -0.3 is 35.5 Å². The van der Waals surface area contributed by atoms with Gasteiger partial charge in [0, 0.05) is 5.41 Å². The molecule has 27 heteroatoms. The molecule has 5 N–H and O–H groups in total. The zero-order valence-electron chi connectivity index (χ0n) is 36.3. The SMILES string of the molecule is CC1(C(=O)OCOP2(=O)OC[C@H]3O[C@@H](n4cnc5c(N)ncnc54)[C@H](F)[C@@H]3OP(=O)(OCOC(O)C3(C)CCCCC3)CCC3O[C@@H](n4cnc5c(N)ncnc54)[C@H](F)[C@@H]3O2)CCCCC1. The molecule has 4 aromatic rings. The van der Waals surface area contributed by atoms with Gasteiger partial charge in [0.2, 0.25) is 6.79 Å². The van der Waals surface area contributed by atoms with Gasteiger partial charge in [-0.25, -0.2) is 47.8 Å². The Bertz CT molecular complexity index is 2480. The van der Waals surface area contributed by atoms with Crippen LogP contribution in [-0.2, 0) is 55.5 Å². The van der Waals surface area contributed by atoms with Gasteiger partial charge in [0.15, 0.2) is 60.8 Å². The lowest BCUT2D eigenvalue weighted by atomic mass is 9.75. The number of imidazole rings is 2. The number of aliphatic hydroxyl groups excluding tert-OH is 1. The highest BCUT2D eigenvalue weighted by Crippen LogP contribution is 2.59. The van der Waals surface area contributed by atoms with Gasteiger partial charge in [-0.2, -0.15) is 0 Å². The molecule has 66 heavy (non-hydrogen) atoms. The molecule has 5 fully saturated rings. The van der Waals surface area contributed by atoms with Crippen molar-refractivity contribution in [3.63, 3.8) is 0 Å². The molecule has 3 saturated heterocycles. The molecule has 4 aromatic heterocycles. The number of fused-ring (bicyclic) bond motifs is 4. The van der Waals surface area contributed by atoms with Gasteiger partial charge >= 0.3 is 21.4 Å². The van der Waals surface area contributed by atoms with E-state index < -0.39 is 120 Å². The Morgan fingerprint density at radius 2 is 1.36 bits per heavy atom. The largest absolute Gasteiger partial charge is 0.478 e. The lowest BCUT2D eigenvalue weighted by Crippen LogP contribution is -2.38. The minimum absolute atomic E-state index is 0.00798. The van der Waals surface area contributed by atoms with Crippen LogP contribution < -0.4 is 11.5 Å². The zero-order valence-corrected chi connectivity index (χ0v) is 38.1. The molecule has 0 amide bonds. The standard InChI is InChI=1S/C39H54F2N10O13P2/c1-38(10-5-3-6-11-38)36(52)56-20-59-65(54)14-9-22-28(24(40)34(61-22)50-18-48-26-30(42)44-16-46-32(26)50)64-66(55,60-21-57-37(53)39(2)12-7-4-8-13-39)58-15-23-29(63-65)25(41)35(62-23)51-19-49-27-31(43)45-17-47-33(27)51/h16-19,22-25,28-29,34-36,52H,3-15,20-21H2,1-2H3,(H2,42,44,46)(H2,43,45,47)/t22?,23-,24-,25-,28-,29-,34-,35-,36?,65?,66?/m1/s1. The van der Waals surface area contributed by atoms with Crippen LogP contribution in [0.25, 0.3) is 22.3 Å². The molecule has 0 aromatic carbocycles. The third-order valence-corrected chi connectivity index (χ3v) is 16.6. The van der Waals surface area contributed by atoms with Crippen molar-refractivity contribution in [1.82, 2.24) is 39.0 Å². The molecule has 0 radical (unpaired) electrons. The third-order valence-electron chi connectivity index (χ3n) is 13.4. The monoisotopic (exact) mass is 970 g/mol. The summed E-state index contributed by atoms with van der Waals surface area (Å²) >= 11 is 0. The number of carbonyl (C=O) groups excluding carboxylic acids is 1. The zero-order chi connectivity index (χ0) is 46.4. The fourth-order valence-corrected chi connectivity index (χ4v) is 12.4. The molecule has 0 bridgehead atoms. The predicted molar refractivity (Wildman–Crippen MR) is 225 cm³/mol. The van der Waals surface area contributed by atoms with Crippen LogP contribution in [0.4, 0.5) is 20.4 Å². The van der Waals surface area contributed by atoms with Gasteiger partial charge in [-0.1, -0.05) is 45.4 Å². The third kappa shape index (κ3) is 9.33. The summed E-state index contributed by atoms with van der Waals surface area (Å²) in [5.74, 6) is -0.582. The highest BCUT2D eigenvalue weighted by atomic mass is 31.2. The smallest absolute Gasteiger partial charge is 0.437 e. The number of phosphoric acid groups is 1. The molecule has 3 aliphatic heterocycles. The Kier molecular flexibility index (Phi) is 13.5. The van der Waals surface area contributed by atoms with Crippen LogP contribution in [0.15, 0.2) is 25.3 Å². The molecule has 9 rings (SSSR count). The van der Waals surface area contributed by atoms with E-state index in [-0.39, 0.29) is 34.0 Å². The minimum Gasteiger partial charge on any atom is -0.437 e. The van der Waals surface area contributed by atoms with Crippen LogP contribution in [0.5, 0.6) is 0 Å². The number of nitrogen functional groups attached to an aromatic ring is 2. The lowest BCUT2D eigenvalue weighted by molar-refractivity contribution is -0.208. The average Bonchev–Trinajstić information content (AvgIpc) is 4.07. The van der Waals surface area contributed by atoms with Crippen molar-refractivity contribution >= 4 is 55.4 Å². The van der Waals surface area contributed by atoms with E-state index in [1.807, 2.05) is 6.92 Å². The van der Waals surface area contributed by atoms with E-state index in [9.17, 15) is 14.5 Å². The Morgan fingerprint density at radius 1 is 0.803 bits per heavy atom. The maximum atomic E-state index is 17.1. The second-order valence-electron chi connectivity index (χ2n) is 18.0. The molecule has 5 aliphatic rings. The molecule has 2 aliphatic carbocycles. The van der Waals surface area contributed by atoms with E-state index in [1.54, 1.807) is 6.92 Å². The van der Waals surface area contributed by atoms with Crippen LogP contribution in [0, 0.1) is 10.8 Å². The van der Waals surface area contributed by atoms with Crippen LogP contribution in [-0.4, -0.2) is 120 Å². The van der Waals surface area contributed by atoms with Gasteiger partial charge in [-0.15, -0.1) is 0 Å². The number of alkyl halides is 2. The number of phosphoric ester groups is 1. The normalized spacial score (nSPS) is 34.3. The van der Waals surface area contributed by atoms with Crippen molar-refractivity contribution in [2.24, 2.45) is 10.8 Å². The van der Waals surface area contributed by atoms with Crippen LogP contribution in [0.2, 0.25) is 0 Å². The number of halogens is 2. The van der Waals surface area contributed by atoms with Gasteiger partial charge in [0.25, 0.3) is 0 Å². The summed E-state index contributed by atoms with van der Waals surface area (Å²) in [6, 6.07) is 0. The Labute approximate surface area is 377 Å². The molecule has 11 atom stereocenters. The first-order chi connectivity index (χ1) is 31.6. The second kappa shape index (κ2) is 18.9. The van der Waals surface area contributed by atoms with Crippen molar-refractivity contribution in [2.75, 3.05) is 37.8 Å². The number of rotatable bonds is 11. The summed E-state index contributed by atoms with van der Waals surface area (Å²) < 4.78 is 119. The fourth-order valence-electron chi connectivity index (χ4n) is 9.43. The van der Waals surface area contributed by atoms with Crippen LogP contribution in [0.1, 0.15) is 96.9 Å². The second-order valence-corrected chi connectivity index (χ2v) is 21.7. The number of hydrogen-bond donors (Lipinski definition) is 3. The van der Waals surface area contributed by atoms with Crippen LogP contribution in [0.3, 0.4) is 0 Å². The van der Waals surface area contributed by atoms with E-state index in [0.29, 0.717) is 25.7 Å². The van der Waals surface area contributed by atoms with Crippen molar-refractivity contribution in [3.8, 4) is 0 Å². The van der Waals surface area contributed by atoms with Crippen molar-refractivity contribution in [2.45, 2.75) is 140 Å². The van der Waals surface area contributed by atoms with E-state index in [4.69, 9.17) is 53.0 Å². The number of ether oxygens (including phenoxy) is 4. The Morgan fingerprint density at radius 3 is 1.97 bits per heavy atom. The Hall–Kier alpha value is -3.87. The van der Waals surface area contributed by atoms with Crippen molar-refractivity contribution < 1.29 is 69.4 Å². The number of aromatic nitrogens is 8. The molecule has 0 spiro atoms. The molecular formula is C39H54F2N10O13P2. The van der Waals surface area contributed by atoms with Gasteiger partial charge in [-0.05, 0) is 39.0 Å². The molecule has 4 unspecified atom stereocenters. The van der Waals surface area contributed by atoms with Gasteiger partial charge in [0.1, 0.15) is 42.0 Å². The number of nitrogens with two attached hydrogens (primary N) is 2. The number of carbonyl (C=O) groups is 1. The summed E-state index contributed by atoms with van der Waals surface area (Å²) in [7, 11) is -9.64. The first-order valence-electron chi connectivity index (χ1n) is 22.0. The Balaban J connectivity index is 1.03. The molecule has 362 valence electrons. The number of esters is 1. The fraction of sp³-hybridized carbons (Fsp3) is 0.718. The summed E-state index contributed by atoms with van der Waals surface area (Å²) in [6.07, 6.45) is -3.69. The lowest BCUT2D eigenvalue weighted by Gasteiger charge is -2.37. The van der Waals surface area contributed by atoms with E-state index in [0.717, 1.165) is 51.2 Å². The van der Waals surface area contributed by atoms with E-state index >= 15 is 13.3 Å². The highest BCUT2D eigenvalue weighted by Gasteiger charge is 2.56. The van der Waals surface area contributed by atoms with Crippen molar-refractivity contribution in [3.05, 3.63) is 25.3 Å². The molecule has 7 heterocycles. The predicted octanol–water partition coefficient (Wildman–Crippen LogP) is 5.56. The maximum absolute atomic E-state index is 17.1. The maximum Gasteiger partial charge on any atom is 0.478 e. The summed E-state index contributed by atoms with van der Waals surface area (Å²) in [5, 5.41) is 11.1. The van der Waals surface area contributed by atoms with E-state index in [1.165, 1.54) is 21.8 Å². The quantitative estimate of drug-likeness (QED) is 0.0941. The van der Waals surface area contributed by atoms with Gasteiger partial charge in [-0.3, -0.25) is 36.6 Å². The first-order valence-corrected chi connectivity index (χ1v) is 25.2. The number of aliphatic hydroxyl groups is 1. The number of hydrogen-bond acceptors (Lipinski definition) is 21. The first kappa shape index (κ1) is 47.2. The molecule has 23 nitrogen and oxygen atoms in total. The topological polar surface area (TPSA) is 294 Å². The summed E-state index contributed by atoms with van der Waals surface area (Å²) in [5.41, 5.74) is 11.1.